The van der Waals surface area contributed by atoms with E-state index in [4.69, 9.17) is 11.6 Å². The van der Waals surface area contributed by atoms with Crippen molar-refractivity contribution in [3.63, 3.8) is 0 Å². The molecule has 0 unspecified atom stereocenters. The minimum atomic E-state index is -0.875. The zero-order chi connectivity index (χ0) is 20.0. The van der Waals surface area contributed by atoms with Crippen molar-refractivity contribution in [2.75, 3.05) is 0 Å². The second-order valence-electron chi connectivity index (χ2n) is 5.16. The van der Waals surface area contributed by atoms with E-state index in [-0.39, 0.29) is 30.0 Å². The lowest BCUT2D eigenvalue weighted by Crippen LogP contribution is -1.96. The largest absolute Gasteiger partial charge is 2.00 e. The van der Waals surface area contributed by atoms with E-state index in [9.17, 15) is 30.4 Å². The Kier molecular flexibility index (Phi) is 8.24. The Labute approximate surface area is 171 Å². The molecule has 3 aromatic carbocycles. The molecule has 3 rings (SSSR count). The van der Waals surface area contributed by atoms with Gasteiger partial charge in [0.05, 0.1) is 9.85 Å². The third-order valence-electron chi connectivity index (χ3n) is 3.44. The van der Waals surface area contributed by atoms with Crippen LogP contribution < -0.4 is 0 Å². The lowest BCUT2D eigenvalue weighted by atomic mass is 10.0. The van der Waals surface area contributed by atoms with Gasteiger partial charge in [0.15, 0.2) is 0 Å². The number of para-hydroxylation sites is 3. The summed E-state index contributed by atoms with van der Waals surface area (Å²) in [5.41, 5.74) is 0.0165. The van der Waals surface area contributed by atoms with E-state index in [2.05, 4.69) is 0 Å². The van der Waals surface area contributed by atoms with E-state index in [0.717, 1.165) is 6.07 Å². The molecule has 10 heteroatoms. The highest BCUT2D eigenvalue weighted by molar-refractivity contribution is 7.37. The molecule has 0 atom stereocenters. The van der Waals surface area contributed by atoms with Gasteiger partial charge in [0.25, 0.3) is 0 Å². The average Bonchev–Trinajstić information content (AvgIpc) is 2.63. The predicted octanol–water partition coefficient (Wildman–Crippen LogP) is 4.92. The summed E-state index contributed by atoms with van der Waals surface area (Å²) >= 11 is 5.42. The van der Waals surface area contributed by atoms with Gasteiger partial charge < -0.3 is 23.7 Å². The van der Waals surface area contributed by atoms with Gasteiger partial charge in [-0.3, -0.25) is 20.2 Å². The van der Waals surface area contributed by atoms with Crippen LogP contribution in [0, 0.1) is 20.2 Å². The van der Waals surface area contributed by atoms with E-state index in [1.165, 1.54) is 12.1 Å². The van der Waals surface area contributed by atoms with Crippen molar-refractivity contribution < 1.29 is 20.1 Å². The monoisotopic (exact) mass is 420 g/mol. The van der Waals surface area contributed by atoms with Crippen LogP contribution >= 0.6 is 11.6 Å². The Bertz CT molecular complexity index is 956. The summed E-state index contributed by atoms with van der Waals surface area (Å²) < 4.78 is 0. The van der Waals surface area contributed by atoms with Crippen molar-refractivity contribution in [3.8, 4) is 22.6 Å². The maximum absolute atomic E-state index is 10.4. The molecule has 28 heavy (non-hydrogen) atoms. The summed E-state index contributed by atoms with van der Waals surface area (Å²) in [6.45, 7) is 0. The molecule has 0 radical (unpaired) electrons. The van der Waals surface area contributed by atoms with Crippen molar-refractivity contribution in [3.05, 3.63) is 92.0 Å². The average molecular weight is 421 g/mol. The fourth-order valence-electron chi connectivity index (χ4n) is 2.23. The third kappa shape index (κ3) is 5.35. The zero-order valence-corrected chi connectivity index (χ0v) is 15.6. The minimum Gasteiger partial charge on any atom is -2.00 e. The van der Waals surface area contributed by atoms with Crippen LogP contribution in [0.15, 0.2) is 66.7 Å². The molecule has 8 nitrogen and oxygen atoms in total. The molecule has 0 aliphatic heterocycles. The standard InChI is InChI=1S/C12H10O2.C6H3ClN2O4.S/c13-11-7-3-1-5-9(11)10-6-2-4-8-12(10)14;7-4-2-1-3-5(8(10)11)6(4)9(12)13;/h1-8,13-14H;1-3H;/q;;-2. The van der Waals surface area contributed by atoms with E-state index < -0.39 is 21.2 Å². The number of nitro groups is 2. The highest BCUT2D eigenvalue weighted by atomic mass is 35.5. The molecule has 0 amide bonds. The fraction of sp³-hybridized carbons (Fsp3) is 0. The lowest BCUT2D eigenvalue weighted by molar-refractivity contribution is -0.422. The first-order chi connectivity index (χ1) is 12.8. The summed E-state index contributed by atoms with van der Waals surface area (Å²) in [5, 5.41) is 39.6. The quantitative estimate of drug-likeness (QED) is 0.457. The number of nitro benzene ring substituents is 2. The number of aromatic hydroxyl groups is 2. The van der Waals surface area contributed by atoms with Crippen molar-refractivity contribution >= 4 is 36.5 Å². The lowest BCUT2D eigenvalue weighted by Gasteiger charge is -2.05. The highest BCUT2D eigenvalue weighted by Gasteiger charge is 2.26. The maximum atomic E-state index is 10.4. The van der Waals surface area contributed by atoms with E-state index in [1.807, 2.05) is 12.1 Å². The Balaban J connectivity index is 0.000000271. The first-order valence-electron chi connectivity index (χ1n) is 7.46. The van der Waals surface area contributed by atoms with Gasteiger partial charge in [0, 0.05) is 17.2 Å². The molecule has 0 bridgehead atoms. The van der Waals surface area contributed by atoms with Crippen molar-refractivity contribution in [2.45, 2.75) is 0 Å². The Morgan fingerprint density at radius 2 is 1.18 bits per heavy atom. The number of rotatable bonds is 3. The molecule has 0 aromatic heterocycles. The van der Waals surface area contributed by atoms with Crippen molar-refractivity contribution in [1.82, 2.24) is 0 Å². The topological polar surface area (TPSA) is 127 Å². The minimum absolute atomic E-state index is 0. The van der Waals surface area contributed by atoms with Gasteiger partial charge in [-0.05, 0) is 18.2 Å². The molecule has 0 aliphatic carbocycles. The number of benzene rings is 3. The van der Waals surface area contributed by atoms with Crippen LogP contribution in [0.3, 0.4) is 0 Å². The van der Waals surface area contributed by atoms with E-state index >= 15 is 0 Å². The Morgan fingerprint density at radius 3 is 1.54 bits per heavy atom. The molecule has 0 heterocycles. The van der Waals surface area contributed by atoms with E-state index in [0.29, 0.717) is 11.1 Å². The molecule has 0 spiro atoms. The second-order valence-corrected chi connectivity index (χ2v) is 5.56. The van der Waals surface area contributed by atoms with Crippen LogP contribution in [0.2, 0.25) is 5.02 Å². The second kappa shape index (κ2) is 10.1. The summed E-state index contributed by atoms with van der Waals surface area (Å²) in [6.07, 6.45) is 0. The van der Waals surface area contributed by atoms with Crippen LogP contribution in [0.5, 0.6) is 11.5 Å². The molecule has 0 fully saturated rings. The molecule has 146 valence electrons. The summed E-state index contributed by atoms with van der Waals surface area (Å²) in [5.74, 6) is 0.350. The van der Waals surface area contributed by atoms with Gasteiger partial charge in [-0.15, -0.1) is 0 Å². The van der Waals surface area contributed by atoms with Crippen LogP contribution in [-0.4, -0.2) is 20.1 Å². The van der Waals surface area contributed by atoms with Crippen LogP contribution in [0.1, 0.15) is 0 Å². The van der Waals surface area contributed by atoms with Crippen LogP contribution in [0.4, 0.5) is 11.4 Å². The van der Waals surface area contributed by atoms with E-state index in [1.54, 1.807) is 36.4 Å². The van der Waals surface area contributed by atoms with Gasteiger partial charge in [-0.1, -0.05) is 54.1 Å². The molecule has 0 aliphatic rings. The van der Waals surface area contributed by atoms with Gasteiger partial charge in [0.2, 0.25) is 0 Å². The van der Waals surface area contributed by atoms with Gasteiger partial charge in [0.1, 0.15) is 16.5 Å². The number of hydrogen-bond acceptors (Lipinski definition) is 6. The molecular weight excluding hydrogens is 408 g/mol. The number of phenols is 2. The van der Waals surface area contributed by atoms with Gasteiger partial charge in [-0.25, -0.2) is 0 Å². The summed E-state index contributed by atoms with van der Waals surface area (Å²) in [7, 11) is 0. The predicted molar refractivity (Wildman–Crippen MR) is 107 cm³/mol. The molecule has 3 aromatic rings. The number of phenolic OH excluding ortho intramolecular Hbond substituents is 2. The van der Waals surface area contributed by atoms with Crippen LogP contribution in [-0.2, 0) is 13.5 Å². The van der Waals surface area contributed by atoms with Gasteiger partial charge in [-0.2, -0.15) is 0 Å². The number of hydrogen-bond donors (Lipinski definition) is 2. The normalized spacial score (nSPS) is 9.46. The molecule has 2 N–H and O–H groups in total. The van der Waals surface area contributed by atoms with Crippen molar-refractivity contribution in [1.29, 1.82) is 0 Å². The Hall–Kier alpha value is -3.30. The number of nitrogens with zero attached hydrogens (tertiary/aromatic N) is 2. The fourth-order valence-corrected chi connectivity index (χ4v) is 2.47. The van der Waals surface area contributed by atoms with Crippen LogP contribution in [0.25, 0.3) is 11.1 Å². The zero-order valence-electron chi connectivity index (χ0n) is 14.1. The molecule has 0 saturated heterocycles. The van der Waals surface area contributed by atoms with Crippen molar-refractivity contribution in [2.24, 2.45) is 0 Å². The molecule has 0 saturated carbocycles. The summed E-state index contributed by atoms with van der Waals surface area (Å²) in [4.78, 5) is 19.0. The Morgan fingerprint density at radius 1 is 0.714 bits per heavy atom. The maximum Gasteiger partial charge on any atom is 0.364 e. The smallest absolute Gasteiger partial charge is 0.364 e. The first-order valence-corrected chi connectivity index (χ1v) is 7.84. The molecular formula is C18H13ClN2O6S-2. The highest BCUT2D eigenvalue weighted by Crippen LogP contribution is 2.34. The first kappa shape index (κ1) is 22.7. The number of halogens is 1. The third-order valence-corrected chi connectivity index (χ3v) is 3.75. The summed E-state index contributed by atoms with van der Waals surface area (Å²) in [6, 6.07) is 17.4. The SMILES string of the molecule is O=[N+]([O-])c1cccc(Cl)c1[N+](=O)[O-].Oc1ccccc1-c1ccccc1O.[S-2]. The van der Waals surface area contributed by atoms with Gasteiger partial charge >= 0.3 is 11.4 Å².